The van der Waals surface area contributed by atoms with Gasteiger partial charge < -0.3 is 14.7 Å². The van der Waals surface area contributed by atoms with Crippen molar-refractivity contribution in [1.82, 2.24) is 14.7 Å². The van der Waals surface area contributed by atoms with Crippen LogP contribution in [0.3, 0.4) is 0 Å². The minimum atomic E-state index is -0.412. The molecule has 2 saturated heterocycles. The molecule has 7 heteroatoms. The van der Waals surface area contributed by atoms with Gasteiger partial charge in [0.05, 0.1) is 16.1 Å². The third-order valence-corrected chi connectivity index (χ3v) is 4.89. The van der Waals surface area contributed by atoms with Crippen molar-refractivity contribution < 1.29 is 9.72 Å². The molecule has 2 aliphatic rings. The SMILES string of the molecule is CN1CCN(C(=O)c2cccc([N+](=O)[O-])c2C=CN2CCCC2)CC1. The maximum atomic E-state index is 12.9. The zero-order valence-electron chi connectivity index (χ0n) is 14.6. The number of likely N-dealkylation sites (tertiary alicyclic amines) is 1. The van der Waals surface area contributed by atoms with Crippen molar-refractivity contribution in [3.8, 4) is 0 Å². The van der Waals surface area contributed by atoms with Crippen molar-refractivity contribution in [2.24, 2.45) is 0 Å². The van der Waals surface area contributed by atoms with E-state index in [1.807, 2.05) is 13.2 Å². The lowest BCUT2D eigenvalue weighted by Gasteiger charge is -2.32. The molecule has 7 nitrogen and oxygen atoms in total. The lowest BCUT2D eigenvalue weighted by Crippen LogP contribution is -2.47. The van der Waals surface area contributed by atoms with E-state index in [-0.39, 0.29) is 11.6 Å². The van der Waals surface area contributed by atoms with Crippen LogP contribution in [-0.4, -0.2) is 71.8 Å². The number of hydrogen-bond acceptors (Lipinski definition) is 5. The highest BCUT2D eigenvalue weighted by Gasteiger charge is 2.25. The number of carbonyl (C=O) groups excluding carboxylic acids is 1. The van der Waals surface area contributed by atoms with E-state index in [0.717, 1.165) is 39.0 Å². The smallest absolute Gasteiger partial charge is 0.277 e. The average Bonchev–Trinajstić information content (AvgIpc) is 3.13. The highest BCUT2D eigenvalue weighted by molar-refractivity contribution is 5.99. The van der Waals surface area contributed by atoms with Crippen LogP contribution in [0.15, 0.2) is 24.4 Å². The number of hydrogen-bond donors (Lipinski definition) is 0. The molecule has 0 spiro atoms. The van der Waals surface area contributed by atoms with Crippen LogP contribution in [0, 0.1) is 10.1 Å². The average molecular weight is 344 g/mol. The second-order valence-corrected chi connectivity index (χ2v) is 6.65. The van der Waals surface area contributed by atoms with Gasteiger partial charge in [0.1, 0.15) is 0 Å². The predicted molar refractivity (Wildman–Crippen MR) is 96.3 cm³/mol. The molecule has 2 fully saturated rings. The van der Waals surface area contributed by atoms with E-state index in [9.17, 15) is 14.9 Å². The summed E-state index contributed by atoms with van der Waals surface area (Å²) >= 11 is 0. The van der Waals surface area contributed by atoms with Gasteiger partial charge in [-0.25, -0.2) is 0 Å². The Labute approximate surface area is 147 Å². The molecule has 0 bridgehead atoms. The predicted octanol–water partition coefficient (Wildman–Crippen LogP) is 2.05. The van der Waals surface area contributed by atoms with Crippen LogP contribution < -0.4 is 0 Å². The summed E-state index contributed by atoms with van der Waals surface area (Å²) in [5, 5.41) is 11.4. The number of nitro benzene ring substituents is 1. The summed E-state index contributed by atoms with van der Waals surface area (Å²) in [6, 6.07) is 4.75. The van der Waals surface area contributed by atoms with Gasteiger partial charge in [-0.2, -0.15) is 0 Å². The Bertz CT molecular complexity index is 675. The summed E-state index contributed by atoms with van der Waals surface area (Å²) < 4.78 is 0. The summed E-state index contributed by atoms with van der Waals surface area (Å²) in [7, 11) is 2.03. The molecule has 0 radical (unpaired) electrons. The van der Waals surface area contributed by atoms with Crippen molar-refractivity contribution in [2.45, 2.75) is 12.8 Å². The van der Waals surface area contributed by atoms with Crippen LogP contribution in [0.1, 0.15) is 28.8 Å². The highest BCUT2D eigenvalue weighted by atomic mass is 16.6. The number of piperazine rings is 1. The van der Waals surface area contributed by atoms with E-state index in [4.69, 9.17) is 0 Å². The summed E-state index contributed by atoms with van der Waals surface area (Å²) in [6.45, 7) is 4.84. The first-order valence-electron chi connectivity index (χ1n) is 8.74. The van der Waals surface area contributed by atoms with Gasteiger partial charge in [0.15, 0.2) is 0 Å². The van der Waals surface area contributed by atoms with Crippen LogP contribution >= 0.6 is 0 Å². The van der Waals surface area contributed by atoms with Gasteiger partial charge in [0.25, 0.3) is 11.6 Å². The molecule has 2 heterocycles. The molecule has 0 unspecified atom stereocenters. The van der Waals surface area contributed by atoms with Crippen LogP contribution in [0.4, 0.5) is 5.69 Å². The molecule has 0 N–H and O–H groups in total. The topological polar surface area (TPSA) is 69.9 Å². The molecule has 0 aliphatic carbocycles. The maximum Gasteiger partial charge on any atom is 0.277 e. The molecule has 0 aromatic heterocycles. The Kier molecular flexibility index (Phi) is 5.33. The minimum absolute atomic E-state index is 0.0181. The van der Waals surface area contributed by atoms with E-state index in [0.29, 0.717) is 24.2 Å². The number of nitro groups is 1. The van der Waals surface area contributed by atoms with Gasteiger partial charge in [-0.1, -0.05) is 6.07 Å². The summed E-state index contributed by atoms with van der Waals surface area (Å²) in [6.07, 6.45) is 5.88. The van der Waals surface area contributed by atoms with Gasteiger partial charge in [0.2, 0.25) is 0 Å². The Balaban J connectivity index is 1.90. The second-order valence-electron chi connectivity index (χ2n) is 6.65. The first kappa shape index (κ1) is 17.4. The monoisotopic (exact) mass is 344 g/mol. The number of nitrogens with zero attached hydrogens (tertiary/aromatic N) is 4. The lowest BCUT2D eigenvalue weighted by atomic mass is 10.0. The Morgan fingerprint density at radius 3 is 2.44 bits per heavy atom. The van der Waals surface area contributed by atoms with Gasteiger partial charge >= 0.3 is 0 Å². The summed E-state index contributed by atoms with van der Waals surface area (Å²) in [5.41, 5.74) is 0.799. The van der Waals surface area contributed by atoms with E-state index >= 15 is 0 Å². The van der Waals surface area contributed by atoms with E-state index in [1.165, 1.54) is 6.07 Å². The first-order chi connectivity index (χ1) is 12.1. The molecule has 134 valence electrons. The third kappa shape index (κ3) is 3.99. The molecule has 2 aliphatic heterocycles. The largest absolute Gasteiger partial charge is 0.377 e. The van der Waals surface area contributed by atoms with Crippen molar-refractivity contribution in [3.63, 3.8) is 0 Å². The molecule has 0 atom stereocenters. The maximum absolute atomic E-state index is 12.9. The Hall–Kier alpha value is -2.41. The Morgan fingerprint density at radius 2 is 1.80 bits per heavy atom. The molecular formula is C18H24N4O3. The van der Waals surface area contributed by atoms with Crippen LogP contribution in [0.25, 0.3) is 6.08 Å². The summed E-state index contributed by atoms with van der Waals surface area (Å²) in [5.74, 6) is -0.127. The van der Waals surface area contributed by atoms with Crippen LogP contribution in [-0.2, 0) is 0 Å². The Morgan fingerprint density at radius 1 is 1.12 bits per heavy atom. The quantitative estimate of drug-likeness (QED) is 0.618. The zero-order chi connectivity index (χ0) is 17.8. The molecule has 1 aromatic rings. The number of rotatable bonds is 4. The number of likely N-dealkylation sites (N-methyl/N-ethyl adjacent to an activating group) is 1. The van der Waals surface area contributed by atoms with Crippen molar-refractivity contribution in [3.05, 3.63) is 45.6 Å². The van der Waals surface area contributed by atoms with Crippen LogP contribution in [0.2, 0.25) is 0 Å². The van der Waals surface area contributed by atoms with E-state index in [2.05, 4.69) is 9.80 Å². The van der Waals surface area contributed by atoms with Gasteiger partial charge in [0, 0.05) is 45.3 Å². The first-order valence-corrected chi connectivity index (χ1v) is 8.74. The highest BCUT2D eigenvalue weighted by Crippen LogP contribution is 2.26. The molecule has 1 aromatic carbocycles. The van der Waals surface area contributed by atoms with Crippen molar-refractivity contribution >= 4 is 17.7 Å². The molecular weight excluding hydrogens is 320 g/mol. The second kappa shape index (κ2) is 7.65. The fourth-order valence-corrected chi connectivity index (χ4v) is 3.32. The summed E-state index contributed by atoms with van der Waals surface area (Å²) in [4.78, 5) is 30.1. The molecule has 0 saturated carbocycles. The number of amides is 1. The molecule has 25 heavy (non-hydrogen) atoms. The van der Waals surface area contributed by atoms with Crippen molar-refractivity contribution in [1.29, 1.82) is 0 Å². The molecule has 3 rings (SSSR count). The minimum Gasteiger partial charge on any atom is -0.377 e. The van der Waals surface area contributed by atoms with Crippen molar-refractivity contribution in [2.75, 3.05) is 46.3 Å². The third-order valence-electron chi connectivity index (χ3n) is 4.89. The van der Waals surface area contributed by atoms with E-state index < -0.39 is 4.92 Å². The normalized spacial score (nSPS) is 18.9. The van der Waals surface area contributed by atoms with Gasteiger partial charge in [-0.15, -0.1) is 0 Å². The lowest BCUT2D eigenvalue weighted by molar-refractivity contribution is -0.385. The molecule has 1 amide bonds. The van der Waals surface area contributed by atoms with Gasteiger partial charge in [-0.3, -0.25) is 14.9 Å². The zero-order valence-corrected chi connectivity index (χ0v) is 14.6. The number of carbonyl (C=O) groups is 1. The fourth-order valence-electron chi connectivity index (χ4n) is 3.32. The van der Waals surface area contributed by atoms with Gasteiger partial charge in [-0.05, 0) is 38.2 Å². The number of benzene rings is 1. The van der Waals surface area contributed by atoms with E-state index in [1.54, 1.807) is 23.1 Å². The standard InChI is InChI=1S/C18H24N4O3/c1-19-11-13-21(14-12-19)18(23)16-5-4-6-17(22(24)25)15(16)7-10-20-8-2-3-9-20/h4-7,10H,2-3,8-9,11-14H2,1H3. The fraction of sp³-hybridized carbons (Fsp3) is 0.500. The van der Waals surface area contributed by atoms with Crippen LogP contribution in [0.5, 0.6) is 0 Å².